The number of aromatic carboxylic acids is 1. The maximum Gasteiger partial charge on any atom is 0.335 e. The molecule has 0 aliphatic heterocycles. The van der Waals surface area contributed by atoms with Crippen molar-refractivity contribution >= 4 is 33.4 Å². The number of aromatic nitrogens is 1. The predicted octanol–water partition coefficient (Wildman–Crippen LogP) is 3.43. The van der Waals surface area contributed by atoms with Gasteiger partial charge in [-0.05, 0) is 46.3 Å². The van der Waals surface area contributed by atoms with Crippen molar-refractivity contribution in [2.24, 2.45) is 0 Å². The summed E-state index contributed by atoms with van der Waals surface area (Å²) < 4.78 is 13.7. The van der Waals surface area contributed by atoms with E-state index in [1.807, 2.05) is 0 Å². The van der Waals surface area contributed by atoms with E-state index in [2.05, 4.69) is 26.2 Å². The monoisotopic (exact) mass is 310 g/mol. The summed E-state index contributed by atoms with van der Waals surface area (Å²) in [6, 6.07) is 6.92. The molecular weight excluding hydrogens is 303 g/mol. The molecule has 6 heteroatoms. The van der Waals surface area contributed by atoms with Gasteiger partial charge in [0.05, 0.1) is 11.3 Å². The Morgan fingerprint density at radius 3 is 2.83 bits per heavy atom. The van der Waals surface area contributed by atoms with Crippen molar-refractivity contribution in [2.75, 3.05) is 5.32 Å². The Morgan fingerprint density at radius 2 is 2.11 bits per heavy atom. The summed E-state index contributed by atoms with van der Waals surface area (Å²) in [5, 5.41) is 11.7. The number of pyridine rings is 1. The zero-order chi connectivity index (χ0) is 13.1. The third-order valence-corrected chi connectivity index (χ3v) is 2.89. The van der Waals surface area contributed by atoms with Crippen LogP contribution in [-0.2, 0) is 0 Å². The minimum Gasteiger partial charge on any atom is -0.478 e. The van der Waals surface area contributed by atoms with Crippen LogP contribution in [0.25, 0.3) is 0 Å². The maximum atomic E-state index is 13.1. The third kappa shape index (κ3) is 2.84. The minimum absolute atomic E-state index is 0.111. The Hall–Kier alpha value is -1.95. The quantitative estimate of drug-likeness (QED) is 0.911. The number of hydrogen-bond donors (Lipinski definition) is 2. The van der Waals surface area contributed by atoms with Crippen LogP contribution in [-0.4, -0.2) is 16.1 Å². The van der Waals surface area contributed by atoms with Crippen LogP contribution in [0.2, 0.25) is 0 Å². The van der Waals surface area contributed by atoms with E-state index in [9.17, 15) is 9.18 Å². The van der Waals surface area contributed by atoms with E-state index in [1.54, 1.807) is 6.07 Å². The molecule has 0 spiro atoms. The molecule has 18 heavy (non-hydrogen) atoms. The first kappa shape index (κ1) is 12.5. The van der Waals surface area contributed by atoms with Crippen LogP contribution in [0.15, 0.2) is 41.0 Å². The third-order valence-electron chi connectivity index (χ3n) is 2.20. The van der Waals surface area contributed by atoms with Crippen LogP contribution in [0.3, 0.4) is 0 Å². The number of carboxylic acid groups (broad SMARTS) is 1. The molecule has 0 aliphatic rings. The summed E-state index contributed by atoms with van der Waals surface area (Å²) in [7, 11) is 0. The molecule has 1 aromatic heterocycles. The fourth-order valence-corrected chi connectivity index (χ4v) is 1.71. The highest BCUT2D eigenvalue weighted by Crippen LogP contribution is 2.26. The fraction of sp³-hybridized carbons (Fsp3) is 0. The van der Waals surface area contributed by atoms with Gasteiger partial charge in [-0.3, -0.25) is 0 Å². The van der Waals surface area contributed by atoms with Crippen LogP contribution >= 0.6 is 15.9 Å². The van der Waals surface area contributed by atoms with Gasteiger partial charge in [0.2, 0.25) is 0 Å². The first-order valence-corrected chi connectivity index (χ1v) is 5.77. The van der Waals surface area contributed by atoms with Gasteiger partial charge in [-0.2, -0.15) is 0 Å². The standard InChI is InChI=1S/C12H8BrFN2O2/c13-9-2-1-8(14)6-10(9)16-11-5-7(12(17)18)3-4-15-11/h1-6H,(H,15,16)(H,17,18). The highest BCUT2D eigenvalue weighted by atomic mass is 79.9. The van der Waals surface area contributed by atoms with Gasteiger partial charge in [0.25, 0.3) is 0 Å². The first-order valence-electron chi connectivity index (χ1n) is 4.97. The molecule has 0 unspecified atom stereocenters. The molecule has 0 amide bonds. The summed E-state index contributed by atoms with van der Waals surface area (Å²) in [5.74, 6) is -1.10. The highest BCUT2D eigenvalue weighted by Gasteiger charge is 2.06. The number of carbonyl (C=O) groups is 1. The molecule has 0 fully saturated rings. The average Bonchev–Trinajstić information content (AvgIpc) is 2.34. The number of nitrogens with zero attached hydrogens (tertiary/aromatic N) is 1. The molecule has 0 saturated heterocycles. The van der Waals surface area contributed by atoms with Gasteiger partial charge in [0.15, 0.2) is 0 Å². The largest absolute Gasteiger partial charge is 0.478 e. The second kappa shape index (κ2) is 5.14. The molecular formula is C12H8BrFN2O2. The van der Waals surface area contributed by atoms with Gasteiger partial charge >= 0.3 is 5.97 Å². The molecule has 0 saturated carbocycles. The van der Waals surface area contributed by atoms with Gasteiger partial charge in [-0.15, -0.1) is 0 Å². The van der Waals surface area contributed by atoms with E-state index in [1.165, 1.54) is 30.5 Å². The molecule has 92 valence electrons. The maximum absolute atomic E-state index is 13.1. The zero-order valence-electron chi connectivity index (χ0n) is 9.02. The van der Waals surface area contributed by atoms with E-state index >= 15 is 0 Å². The van der Waals surface area contributed by atoms with Crippen molar-refractivity contribution in [3.8, 4) is 0 Å². The number of carboxylic acids is 1. The highest BCUT2D eigenvalue weighted by molar-refractivity contribution is 9.10. The van der Waals surface area contributed by atoms with Crippen LogP contribution in [0, 0.1) is 5.82 Å². The van der Waals surface area contributed by atoms with Gasteiger partial charge in [-0.25, -0.2) is 14.2 Å². The summed E-state index contributed by atoms with van der Waals surface area (Å²) in [4.78, 5) is 14.8. The SMILES string of the molecule is O=C(O)c1ccnc(Nc2cc(F)ccc2Br)c1. The molecule has 2 aromatic rings. The van der Waals surface area contributed by atoms with Gasteiger partial charge in [0, 0.05) is 10.7 Å². The van der Waals surface area contributed by atoms with E-state index in [0.717, 1.165) is 0 Å². The number of benzene rings is 1. The smallest absolute Gasteiger partial charge is 0.335 e. The zero-order valence-corrected chi connectivity index (χ0v) is 10.6. The van der Waals surface area contributed by atoms with Crippen LogP contribution in [0.5, 0.6) is 0 Å². The second-order valence-electron chi connectivity index (χ2n) is 3.48. The Labute approximate surface area is 111 Å². The summed E-state index contributed by atoms with van der Waals surface area (Å²) >= 11 is 3.26. The number of nitrogens with one attached hydrogen (secondary N) is 1. The van der Waals surface area contributed by atoms with Crippen LogP contribution in [0.4, 0.5) is 15.9 Å². The lowest BCUT2D eigenvalue weighted by atomic mass is 10.2. The molecule has 4 nitrogen and oxygen atoms in total. The Balaban J connectivity index is 2.31. The van der Waals surface area contributed by atoms with Gasteiger partial charge in [0.1, 0.15) is 11.6 Å². The van der Waals surface area contributed by atoms with Crippen molar-refractivity contribution in [3.63, 3.8) is 0 Å². The van der Waals surface area contributed by atoms with Crippen LogP contribution < -0.4 is 5.32 Å². The molecule has 0 radical (unpaired) electrons. The lowest BCUT2D eigenvalue weighted by Crippen LogP contribution is -2.00. The fourth-order valence-electron chi connectivity index (χ4n) is 1.36. The molecule has 1 heterocycles. The van der Waals surface area contributed by atoms with E-state index < -0.39 is 11.8 Å². The van der Waals surface area contributed by atoms with E-state index in [-0.39, 0.29) is 5.56 Å². The van der Waals surface area contributed by atoms with Crippen molar-refractivity contribution < 1.29 is 14.3 Å². The number of anilines is 2. The number of hydrogen-bond acceptors (Lipinski definition) is 3. The number of rotatable bonds is 3. The minimum atomic E-state index is -1.04. The molecule has 0 atom stereocenters. The second-order valence-corrected chi connectivity index (χ2v) is 4.34. The molecule has 0 bridgehead atoms. The average molecular weight is 311 g/mol. The molecule has 2 rings (SSSR count). The van der Waals surface area contributed by atoms with E-state index in [0.29, 0.717) is 16.0 Å². The lowest BCUT2D eigenvalue weighted by Gasteiger charge is -2.08. The normalized spacial score (nSPS) is 10.1. The Kier molecular flexibility index (Phi) is 3.57. The van der Waals surface area contributed by atoms with Gasteiger partial charge < -0.3 is 10.4 Å². The molecule has 0 aliphatic carbocycles. The molecule has 1 aromatic carbocycles. The van der Waals surface area contributed by atoms with Crippen LogP contribution in [0.1, 0.15) is 10.4 Å². The summed E-state index contributed by atoms with van der Waals surface area (Å²) in [5.41, 5.74) is 0.588. The lowest BCUT2D eigenvalue weighted by molar-refractivity contribution is 0.0697. The Bertz CT molecular complexity index is 604. The summed E-state index contributed by atoms with van der Waals surface area (Å²) in [6.45, 7) is 0. The first-order chi connectivity index (χ1) is 8.56. The van der Waals surface area contributed by atoms with Crippen molar-refractivity contribution in [2.45, 2.75) is 0 Å². The summed E-state index contributed by atoms with van der Waals surface area (Å²) in [6.07, 6.45) is 1.37. The predicted molar refractivity (Wildman–Crippen MR) is 68.6 cm³/mol. The van der Waals surface area contributed by atoms with Gasteiger partial charge in [-0.1, -0.05) is 0 Å². The van der Waals surface area contributed by atoms with Crippen molar-refractivity contribution in [3.05, 3.63) is 52.4 Å². The topological polar surface area (TPSA) is 62.2 Å². The van der Waals surface area contributed by atoms with Crippen molar-refractivity contribution in [1.29, 1.82) is 0 Å². The van der Waals surface area contributed by atoms with Crippen molar-refractivity contribution in [1.82, 2.24) is 4.98 Å². The Morgan fingerprint density at radius 1 is 1.33 bits per heavy atom. The molecule has 2 N–H and O–H groups in total. The van der Waals surface area contributed by atoms with E-state index in [4.69, 9.17) is 5.11 Å². The number of halogens is 2.